The molecule has 3 atom stereocenters. The molecule has 1 aliphatic heterocycles. The molecular weight excluding hydrogens is 226 g/mol. The summed E-state index contributed by atoms with van der Waals surface area (Å²) in [5, 5.41) is 9.21. The highest BCUT2D eigenvalue weighted by Gasteiger charge is 2.27. The first kappa shape index (κ1) is 13.9. The highest BCUT2D eigenvalue weighted by atomic mass is 16.3. The van der Waals surface area contributed by atoms with Crippen molar-refractivity contribution in [2.45, 2.75) is 51.9 Å². The lowest BCUT2D eigenvalue weighted by Crippen LogP contribution is -2.41. The molecule has 1 saturated carbocycles. The number of amides is 1. The van der Waals surface area contributed by atoms with Crippen LogP contribution in [-0.4, -0.2) is 35.6 Å². The monoisotopic (exact) mass is 253 g/mol. The van der Waals surface area contributed by atoms with Gasteiger partial charge in [-0.25, -0.2) is 0 Å². The lowest BCUT2D eigenvalue weighted by atomic mass is 9.80. The Labute approximate surface area is 111 Å². The second kappa shape index (κ2) is 6.55. The Kier molecular flexibility index (Phi) is 5.04. The van der Waals surface area contributed by atoms with Gasteiger partial charge in [-0.15, -0.1) is 0 Å². The van der Waals surface area contributed by atoms with Gasteiger partial charge >= 0.3 is 0 Å². The maximum atomic E-state index is 12.3. The van der Waals surface area contributed by atoms with Gasteiger partial charge in [0.05, 0.1) is 0 Å². The van der Waals surface area contributed by atoms with Crippen molar-refractivity contribution in [3.63, 3.8) is 0 Å². The summed E-state index contributed by atoms with van der Waals surface area (Å²) in [5.41, 5.74) is 0. The highest BCUT2D eigenvalue weighted by Crippen LogP contribution is 2.31. The maximum Gasteiger partial charge on any atom is 0.222 e. The summed E-state index contributed by atoms with van der Waals surface area (Å²) in [6.45, 7) is 4.21. The number of nitrogens with zero attached hydrogens (tertiary/aromatic N) is 1. The van der Waals surface area contributed by atoms with Crippen molar-refractivity contribution in [3.05, 3.63) is 0 Å². The molecule has 3 unspecified atom stereocenters. The van der Waals surface area contributed by atoms with E-state index in [1.54, 1.807) is 0 Å². The van der Waals surface area contributed by atoms with Crippen LogP contribution in [0.2, 0.25) is 0 Å². The molecule has 3 nitrogen and oxygen atoms in total. The first-order valence-corrected chi connectivity index (χ1v) is 7.57. The Bertz CT molecular complexity index is 280. The van der Waals surface area contributed by atoms with Crippen molar-refractivity contribution in [1.29, 1.82) is 0 Å². The highest BCUT2D eigenvalue weighted by molar-refractivity contribution is 5.76. The van der Waals surface area contributed by atoms with E-state index in [2.05, 4.69) is 6.92 Å². The fourth-order valence-electron chi connectivity index (χ4n) is 3.56. The average molecular weight is 253 g/mol. The van der Waals surface area contributed by atoms with Crippen molar-refractivity contribution >= 4 is 5.91 Å². The lowest BCUT2D eigenvalue weighted by Gasteiger charge is -2.34. The van der Waals surface area contributed by atoms with Crippen LogP contribution in [0.4, 0.5) is 0 Å². The number of carbonyl (C=O) groups excluding carboxylic acids is 1. The van der Waals surface area contributed by atoms with E-state index in [4.69, 9.17) is 0 Å². The van der Waals surface area contributed by atoms with Crippen LogP contribution in [0.1, 0.15) is 51.9 Å². The van der Waals surface area contributed by atoms with Crippen molar-refractivity contribution in [2.75, 3.05) is 19.7 Å². The second-order valence-corrected chi connectivity index (χ2v) is 6.37. The van der Waals surface area contributed by atoms with Gasteiger partial charge in [0.25, 0.3) is 0 Å². The van der Waals surface area contributed by atoms with E-state index in [-0.39, 0.29) is 6.61 Å². The maximum absolute atomic E-state index is 12.3. The Morgan fingerprint density at radius 2 is 2.00 bits per heavy atom. The Balaban J connectivity index is 1.79. The second-order valence-electron chi connectivity index (χ2n) is 6.37. The number of hydrogen-bond acceptors (Lipinski definition) is 2. The minimum Gasteiger partial charge on any atom is -0.396 e. The predicted molar refractivity (Wildman–Crippen MR) is 72.1 cm³/mol. The van der Waals surface area contributed by atoms with E-state index >= 15 is 0 Å². The summed E-state index contributed by atoms with van der Waals surface area (Å²) in [7, 11) is 0. The van der Waals surface area contributed by atoms with Crippen LogP contribution >= 0.6 is 0 Å². The number of aliphatic hydroxyl groups excluding tert-OH is 1. The number of likely N-dealkylation sites (tertiary alicyclic amines) is 1. The van der Waals surface area contributed by atoms with Crippen LogP contribution in [0.3, 0.4) is 0 Å². The molecule has 1 heterocycles. The van der Waals surface area contributed by atoms with Gasteiger partial charge in [-0.3, -0.25) is 4.79 Å². The number of rotatable bonds is 3. The molecule has 1 N–H and O–H groups in total. The minimum absolute atomic E-state index is 0.226. The van der Waals surface area contributed by atoms with Crippen LogP contribution in [0.25, 0.3) is 0 Å². The molecule has 1 amide bonds. The zero-order valence-electron chi connectivity index (χ0n) is 11.6. The molecule has 0 aromatic heterocycles. The lowest BCUT2D eigenvalue weighted by molar-refractivity contribution is -0.134. The fourth-order valence-corrected chi connectivity index (χ4v) is 3.56. The molecular formula is C15H27NO2. The SMILES string of the molecule is CC1CCCC(CC(=O)N2CCCC(CO)C2)C1. The molecule has 0 aromatic rings. The van der Waals surface area contributed by atoms with Crippen LogP contribution in [0, 0.1) is 17.8 Å². The molecule has 1 aliphatic carbocycles. The quantitative estimate of drug-likeness (QED) is 0.839. The number of carbonyl (C=O) groups is 1. The molecule has 2 rings (SSSR count). The predicted octanol–water partition coefficient (Wildman–Crippen LogP) is 2.43. The molecule has 0 radical (unpaired) electrons. The Morgan fingerprint density at radius 3 is 2.72 bits per heavy atom. The topological polar surface area (TPSA) is 40.5 Å². The van der Waals surface area contributed by atoms with Gasteiger partial charge in [-0.2, -0.15) is 0 Å². The van der Waals surface area contributed by atoms with E-state index in [1.165, 1.54) is 25.7 Å². The van der Waals surface area contributed by atoms with Crippen molar-refractivity contribution in [1.82, 2.24) is 4.90 Å². The minimum atomic E-state index is 0.226. The molecule has 2 fully saturated rings. The van der Waals surface area contributed by atoms with Crippen LogP contribution in [0.5, 0.6) is 0 Å². The van der Waals surface area contributed by atoms with Gasteiger partial charge in [-0.1, -0.05) is 19.8 Å². The largest absolute Gasteiger partial charge is 0.396 e. The third kappa shape index (κ3) is 3.71. The van der Waals surface area contributed by atoms with Crippen LogP contribution in [0.15, 0.2) is 0 Å². The van der Waals surface area contributed by atoms with E-state index in [0.29, 0.717) is 17.7 Å². The number of hydrogen-bond donors (Lipinski definition) is 1. The van der Waals surface area contributed by atoms with E-state index < -0.39 is 0 Å². The normalized spacial score (nSPS) is 33.4. The number of aliphatic hydroxyl groups is 1. The zero-order chi connectivity index (χ0) is 13.0. The summed E-state index contributed by atoms with van der Waals surface area (Å²) in [4.78, 5) is 14.3. The summed E-state index contributed by atoms with van der Waals surface area (Å²) < 4.78 is 0. The van der Waals surface area contributed by atoms with Gasteiger partial charge in [0, 0.05) is 26.1 Å². The molecule has 1 saturated heterocycles. The van der Waals surface area contributed by atoms with Crippen molar-refractivity contribution in [3.8, 4) is 0 Å². The molecule has 0 spiro atoms. The molecule has 0 aromatic carbocycles. The van der Waals surface area contributed by atoms with Gasteiger partial charge in [0.1, 0.15) is 0 Å². The summed E-state index contributed by atoms with van der Waals surface area (Å²) in [6.07, 6.45) is 7.94. The molecule has 3 heteroatoms. The van der Waals surface area contributed by atoms with Gasteiger partial charge in [-0.05, 0) is 43.4 Å². The first-order valence-electron chi connectivity index (χ1n) is 7.57. The van der Waals surface area contributed by atoms with E-state index in [9.17, 15) is 9.90 Å². The Hall–Kier alpha value is -0.570. The zero-order valence-corrected chi connectivity index (χ0v) is 11.6. The van der Waals surface area contributed by atoms with Crippen molar-refractivity contribution in [2.24, 2.45) is 17.8 Å². The summed E-state index contributed by atoms with van der Waals surface area (Å²) in [5.74, 6) is 2.04. The van der Waals surface area contributed by atoms with Gasteiger partial charge in [0.15, 0.2) is 0 Å². The third-order valence-electron chi connectivity index (χ3n) is 4.64. The average Bonchev–Trinajstić information content (AvgIpc) is 2.39. The van der Waals surface area contributed by atoms with Crippen LogP contribution in [-0.2, 0) is 4.79 Å². The first-order chi connectivity index (χ1) is 8.69. The molecule has 18 heavy (non-hydrogen) atoms. The summed E-state index contributed by atoms with van der Waals surface area (Å²) in [6, 6.07) is 0. The van der Waals surface area contributed by atoms with Gasteiger partial charge in [0.2, 0.25) is 5.91 Å². The smallest absolute Gasteiger partial charge is 0.222 e. The number of piperidine rings is 1. The van der Waals surface area contributed by atoms with Gasteiger partial charge < -0.3 is 10.0 Å². The summed E-state index contributed by atoms with van der Waals surface area (Å²) >= 11 is 0. The van der Waals surface area contributed by atoms with E-state index in [1.807, 2.05) is 4.90 Å². The standard InChI is InChI=1S/C15H27NO2/c1-12-4-2-5-13(8-12)9-15(18)16-7-3-6-14(10-16)11-17/h12-14,17H,2-11H2,1H3. The fraction of sp³-hybridized carbons (Fsp3) is 0.933. The molecule has 0 bridgehead atoms. The van der Waals surface area contributed by atoms with Crippen molar-refractivity contribution < 1.29 is 9.90 Å². The third-order valence-corrected chi connectivity index (χ3v) is 4.64. The molecule has 104 valence electrons. The van der Waals surface area contributed by atoms with Crippen LogP contribution < -0.4 is 0 Å². The van der Waals surface area contributed by atoms with E-state index in [0.717, 1.165) is 38.3 Å². The molecule has 2 aliphatic rings. The Morgan fingerprint density at radius 1 is 1.22 bits per heavy atom.